The zero-order chi connectivity index (χ0) is 26.5. The second-order valence-electron chi connectivity index (χ2n) is 8.28. The Morgan fingerprint density at radius 1 is 1.00 bits per heavy atom. The third-order valence-electron chi connectivity index (χ3n) is 5.34. The number of phenols is 1. The summed E-state index contributed by atoms with van der Waals surface area (Å²) in [4.78, 5) is 55.9. The Morgan fingerprint density at radius 2 is 1.72 bits per heavy atom. The van der Waals surface area contributed by atoms with Gasteiger partial charge in [-0.15, -0.1) is 0 Å². The summed E-state index contributed by atoms with van der Waals surface area (Å²) in [5.74, 6) is -3.02. The Bertz CT molecular complexity index is 997. The van der Waals surface area contributed by atoms with E-state index in [1.165, 1.54) is 24.7 Å². The summed E-state index contributed by atoms with van der Waals surface area (Å²) in [7, 11) is 0. The van der Waals surface area contributed by atoms with Crippen molar-refractivity contribution in [1.82, 2.24) is 25.9 Å². The van der Waals surface area contributed by atoms with Gasteiger partial charge in [-0.3, -0.25) is 14.4 Å². The maximum atomic E-state index is 12.8. The maximum Gasteiger partial charge on any atom is 0.326 e. The largest absolute Gasteiger partial charge is 0.508 e. The van der Waals surface area contributed by atoms with Crippen LogP contribution in [-0.4, -0.2) is 75.1 Å². The summed E-state index contributed by atoms with van der Waals surface area (Å²) in [5.41, 5.74) is 12.7. The molecule has 13 nitrogen and oxygen atoms in total. The summed E-state index contributed by atoms with van der Waals surface area (Å²) >= 11 is 0. The zero-order valence-corrected chi connectivity index (χ0v) is 19.8. The lowest BCUT2D eigenvalue weighted by Gasteiger charge is -2.21. The first kappa shape index (κ1) is 28.3. The number of aliphatic carboxylic acids is 1. The van der Waals surface area contributed by atoms with Crippen LogP contribution in [0.4, 0.5) is 0 Å². The van der Waals surface area contributed by atoms with Gasteiger partial charge in [-0.05, 0) is 49.9 Å². The number of imidazole rings is 1. The minimum Gasteiger partial charge on any atom is -0.508 e. The van der Waals surface area contributed by atoms with E-state index in [1.54, 1.807) is 12.1 Å². The zero-order valence-electron chi connectivity index (χ0n) is 19.8. The average Bonchev–Trinajstić information content (AvgIpc) is 3.36. The number of carbonyl (C=O) groups is 4. The van der Waals surface area contributed by atoms with E-state index < -0.39 is 48.4 Å². The number of phenolic OH excluding ortho intramolecular Hbond substituents is 1. The molecule has 0 saturated heterocycles. The molecule has 0 fully saturated rings. The van der Waals surface area contributed by atoms with E-state index in [-0.39, 0.29) is 25.0 Å². The number of rotatable bonds is 15. The standard InChI is InChI=1S/C23H33N7O6/c24-8-2-1-3-18(23(35)36)29-20(32)12-27-22(34)19(10-15-11-26-13-28-15)30-21(33)17(25)9-14-4-6-16(31)7-5-14/h4-7,11,13,17-19,31H,1-3,8-10,12,24-25H2,(H,26,28)(H,27,34)(H,29,32)(H,30,33)(H,35,36). The number of nitrogens with zero attached hydrogens (tertiary/aromatic N) is 1. The van der Waals surface area contributed by atoms with Crippen LogP contribution in [0, 0.1) is 0 Å². The number of carboxylic acid groups (broad SMARTS) is 1. The summed E-state index contributed by atoms with van der Waals surface area (Å²) in [5, 5.41) is 26.1. The molecule has 1 aromatic heterocycles. The predicted molar refractivity (Wildman–Crippen MR) is 129 cm³/mol. The van der Waals surface area contributed by atoms with Gasteiger partial charge >= 0.3 is 5.97 Å². The van der Waals surface area contributed by atoms with Crippen LogP contribution >= 0.6 is 0 Å². The van der Waals surface area contributed by atoms with Crippen LogP contribution in [-0.2, 0) is 32.0 Å². The number of nitrogens with two attached hydrogens (primary N) is 2. The van der Waals surface area contributed by atoms with Gasteiger partial charge in [0, 0.05) is 18.3 Å². The Balaban J connectivity index is 1.96. The molecule has 0 saturated carbocycles. The van der Waals surface area contributed by atoms with Gasteiger partial charge in [-0.25, -0.2) is 9.78 Å². The molecule has 1 aromatic carbocycles. The molecule has 2 aromatic rings. The second kappa shape index (κ2) is 14.4. The topological polar surface area (TPSA) is 226 Å². The molecule has 0 aliphatic carbocycles. The van der Waals surface area contributed by atoms with Crippen LogP contribution in [0.25, 0.3) is 0 Å². The minimum atomic E-state index is -1.18. The van der Waals surface area contributed by atoms with E-state index in [2.05, 4.69) is 25.9 Å². The highest BCUT2D eigenvalue weighted by Crippen LogP contribution is 2.11. The second-order valence-corrected chi connectivity index (χ2v) is 8.28. The Labute approximate surface area is 208 Å². The molecule has 0 aliphatic heterocycles. The fraction of sp³-hybridized carbons (Fsp3) is 0.435. The number of carbonyl (C=O) groups excluding carboxylic acids is 3. The lowest BCUT2D eigenvalue weighted by Crippen LogP contribution is -2.54. The average molecular weight is 504 g/mol. The first-order chi connectivity index (χ1) is 17.2. The van der Waals surface area contributed by atoms with E-state index in [1.807, 2.05) is 0 Å². The highest BCUT2D eigenvalue weighted by Gasteiger charge is 2.26. The van der Waals surface area contributed by atoms with E-state index in [0.29, 0.717) is 25.1 Å². The van der Waals surface area contributed by atoms with E-state index in [9.17, 15) is 29.4 Å². The molecule has 0 radical (unpaired) electrons. The quantitative estimate of drug-likeness (QED) is 0.132. The molecule has 3 amide bonds. The van der Waals surface area contributed by atoms with Crippen LogP contribution in [0.1, 0.15) is 30.5 Å². The number of nitrogens with one attached hydrogen (secondary N) is 4. The van der Waals surface area contributed by atoms with Crippen molar-refractivity contribution in [1.29, 1.82) is 0 Å². The number of unbranched alkanes of at least 4 members (excludes halogenated alkanes) is 1. The highest BCUT2D eigenvalue weighted by atomic mass is 16.4. The number of amides is 3. The van der Waals surface area contributed by atoms with Crippen molar-refractivity contribution in [2.75, 3.05) is 13.1 Å². The SMILES string of the molecule is NCCCCC(NC(=O)CNC(=O)C(Cc1cnc[nH]1)NC(=O)C(N)Cc1ccc(O)cc1)C(=O)O. The van der Waals surface area contributed by atoms with Gasteiger partial charge in [0.15, 0.2) is 0 Å². The number of H-pyrrole nitrogens is 1. The molecule has 36 heavy (non-hydrogen) atoms. The molecule has 10 N–H and O–H groups in total. The summed E-state index contributed by atoms with van der Waals surface area (Å²) in [6.07, 6.45) is 4.52. The van der Waals surface area contributed by atoms with Gasteiger partial charge in [0.1, 0.15) is 17.8 Å². The van der Waals surface area contributed by atoms with Crippen LogP contribution in [0.2, 0.25) is 0 Å². The molecular formula is C23H33N7O6. The Morgan fingerprint density at radius 3 is 2.33 bits per heavy atom. The fourth-order valence-corrected chi connectivity index (χ4v) is 3.37. The number of hydrogen-bond acceptors (Lipinski definition) is 8. The third kappa shape index (κ3) is 9.72. The van der Waals surface area contributed by atoms with Gasteiger partial charge < -0.3 is 42.6 Å². The van der Waals surface area contributed by atoms with Crippen LogP contribution in [0.3, 0.4) is 0 Å². The van der Waals surface area contributed by atoms with Crippen molar-refractivity contribution >= 4 is 23.7 Å². The number of aromatic hydroxyl groups is 1. The van der Waals surface area contributed by atoms with Crippen molar-refractivity contribution in [3.63, 3.8) is 0 Å². The Kier molecular flexibility index (Phi) is 11.3. The Hall–Kier alpha value is -3.97. The monoisotopic (exact) mass is 503 g/mol. The van der Waals surface area contributed by atoms with Gasteiger partial charge in [-0.1, -0.05) is 12.1 Å². The number of aromatic amines is 1. The van der Waals surface area contributed by atoms with E-state index >= 15 is 0 Å². The molecule has 2 rings (SSSR count). The lowest BCUT2D eigenvalue weighted by atomic mass is 10.0. The summed E-state index contributed by atoms with van der Waals surface area (Å²) < 4.78 is 0. The molecule has 3 atom stereocenters. The van der Waals surface area contributed by atoms with E-state index in [0.717, 1.165) is 5.56 Å². The van der Waals surface area contributed by atoms with Crippen LogP contribution < -0.4 is 27.4 Å². The minimum absolute atomic E-state index is 0.0575. The number of hydrogen-bond donors (Lipinski definition) is 8. The van der Waals surface area contributed by atoms with Gasteiger partial charge in [-0.2, -0.15) is 0 Å². The van der Waals surface area contributed by atoms with Gasteiger partial charge in [0.2, 0.25) is 17.7 Å². The molecule has 0 bridgehead atoms. The van der Waals surface area contributed by atoms with Crippen molar-refractivity contribution in [3.05, 3.63) is 48.0 Å². The first-order valence-corrected chi connectivity index (χ1v) is 11.5. The normalized spacial score (nSPS) is 13.3. The van der Waals surface area contributed by atoms with Crippen LogP contribution in [0.5, 0.6) is 5.75 Å². The molecule has 0 spiro atoms. The van der Waals surface area contributed by atoms with Crippen molar-refractivity contribution in [2.24, 2.45) is 11.5 Å². The third-order valence-corrected chi connectivity index (χ3v) is 5.34. The first-order valence-electron chi connectivity index (χ1n) is 11.5. The summed E-state index contributed by atoms with van der Waals surface area (Å²) in [6, 6.07) is 3.09. The van der Waals surface area contributed by atoms with E-state index in [4.69, 9.17) is 11.5 Å². The van der Waals surface area contributed by atoms with Crippen molar-refractivity contribution in [2.45, 2.75) is 50.2 Å². The molecule has 3 unspecified atom stereocenters. The number of carboxylic acids is 1. The van der Waals surface area contributed by atoms with Gasteiger partial charge in [0.25, 0.3) is 0 Å². The lowest BCUT2D eigenvalue weighted by molar-refractivity contribution is -0.142. The molecule has 13 heteroatoms. The molecule has 1 heterocycles. The van der Waals surface area contributed by atoms with Crippen LogP contribution in [0.15, 0.2) is 36.8 Å². The summed E-state index contributed by atoms with van der Waals surface area (Å²) in [6.45, 7) is -0.0627. The highest BCUT2D eigenvalue weighted by molar-refractivity contribution is 5.92. The van der Waals surface area contributed by atoms with Crippen molar-refractivity contribution in [3.8, 4) is 5.75 Å². The number of benzene rings is 1. The fourth-order valence-electron chi connectivity index (χ4n) is 3.37. The van der Waals surface area contributed by atoms with Crippen molar-refractivity contribution < 1.29 is 29.4 Å². The molecule has 0 aliphatic rings. The molecular weight excluding hydrogens is 470 g/mol. The smallest absolute Gasteiger partial charge is 0.326 e. The maximum absolute atomic E-state index is 12.8. The molecule has 196 valence electrons. The van der Waals surface area contributed by atoms with Gasteiger partial charge in [0.05, 0.1) is 18.9 Å². The number of aromatic nitrogens is 2. The predicted octanol–water partition coefficient (Wildman–Crippen LogP) is -1.47.